The lowest BCUT2D eigenvalue weighted by Gasteiger charge is -2.25. The maximum Gasteiger partial charge on any atom is 0.254 e. The first-order valence-corrected chi connectivity index (χ1v) is 9.26. The summed E-state index contributed by atoms with van der Waals surface area (Å²) < 4.78 is 0. The van der Waals surface area contributed by atoms with E-state index in [1.165, 1.54) is 30.0 Å². The Kier molecular flexibility index (Phi) is 4.93. The minimum atomic E-state index is -0.0484. The number of amides is 1. The normalized spacial score (nSPS) is 15.7. The zero-order valence-electron chi connectivity index (χ0n) is 14.8. The molecule has 4 nitrogen and oxygen atoms in total. The second-order valence-electron chi connectivity index (χ2n) is 6.86. The molecule has 0 atom stereocenters. The van der Waals surface area contributed by atoms with Crippen molar-refractivity contribution in [2.45, 2.75) is 19.3 Å². The van der Waals surface area contributed by atoms with Gasteiger partial charge in [0.2, 0.25) is 0 Å². The van der Waals surface area contributed by atoms with E-state index in [0.717, 1.165) is 29.4 Å². The molecule has 0 radical (unpaired) electrons. The standard InChI is InChI=1S/C22H23N3O/c26-22(16-25-12-6-1-7-13-25)24-23-15-21-19-10-4-2-8-17(19)14-18-9-3-5-11-20(18)21/h2-5,8-11,14-15H,1,6-7,12-13,16H2,(H,24,26)/b23-15+. The van der Waals surface area contributed by atoms with E-state index in [-0.39, 0.29) is 5.91 Å². The SMILES string of the molecule is O=C(CN1CCCCC1)N/N=C/c1c2ccccc2cc2ccccc12. The lowest BCUT2D eigenvalue weighted by Crippen LogP contribution is -2.38. The summed E-state index contributed by atoms with van der Waals surface area (Å²) in [7, 11) is 0. The molecule has 3 aromatic rings. The van der Waals surface area contributed by atoms with Gasteiger partial charge in [0.05, 0.1) is 12.8 Å². The van der Waals surface area contributed by atoms with Gasteiger partial charge in [0.25, 0.3) is 5.91 Å². The lowest BCUT2D eigenvalue weighted by atomic mass is 9.97. The van der Waals surface area contributed by atoms with Crippen molar-refractivity contribution in [2.24, 2.45) is 5.10 Å². The molecule has 0 bridgehead atoms. The Morgan fingerprint density at radius 2 is 1.58 bits per heavy atom. The molecule has 132 valence electrons. The van der Waals surface area contributed by atoms with Crippen LogP contribution in [0.5, 0.6) is 0 Å². The second-order valence-corrected chi connectivity index (χ2v) is 6.86. The summed E-state index contributed by atoms with van der Waals surface area (Å²) in [6, 6.07) is 18.7. The molecular weight excluding hydrogens is 322 g/mol. The molecule has 0 unspecified atom stereocenters. The molecule has 4 heteroatoms. The topological polar surface area (TPSA) is 44.7 Å². The highest BCUT2D eigenvalue weighted by Crippen LogP contribution is 2.27. The number of benzene rings is 3. The number of piperidine rings is 1. The van der Waals surface area contributed by atoms with E-state index in [9.17, 15) is 4.79 Å². The van der Waals surface area contributed by atoms with Gasteiger partial charge < -0.3 is 0 Å². The maximum atomic E-state index is 12.2. The third kappa shape index (κ3) is 3.60. The van der Waals surface area contributed by atoms with Gasteiger partial charge in [0.15, 0.2) is 0 Å². The predicted molar refractivity (Wildman–Crippen MR) is 107 cm³/mol. The molecular formula is C22H23N3O. The summed E-state index contributed by atoms with van der Waals surface area (Å²) >= 11 is 0. The number of hydrogen-bond donors (Lipinski definition) is 1. The van der Waals surface area contributed by atoms with E-state index < -0.39 is 0 Å². The molecule has 0 aromatic heterocycles. The summed E-state index contributed by atoms with van der Waals surface area (Å²) in [5.41, 5.74) is 3.74. The summed E-state index contributed by atoms with van der Waals surface area (Å²) in [5, 5.41) is 8.88. The summed E-state index contributed by atoms with van der Waals surface area (Å²) in [6.07, 6.45) is 5.40. The molecule has 0 spiro atoms. The zero-order chi connectivity index (χ0) is 17.8. The second kappa shape index (κ2) is 7.67. The highest BCUT2D eigenvalue weighted by Gasteiger charge is 2.13. The van der Waals surface area contributed by atoms with Gasteiger partial charge in [-0.1, -0.05) is 55.0 Å². The minimum Gasteiger partial charge on any atom is -0.294 e. The van der Waals surface area contributed by atoms with Crippen LogP contribution in [0, 0.1) is 0 Å². The molecule has 1 saturated heterocycles. The molecule has 1 aliphatic rings. The Hall–Kier alpha value is -2.72. The van der Waals surface area contributed by atoms with Gasteiger partial charge in [-0.05, 0) is 53.5 Å². The van der Waals surface area contributed by atoms with Gasteiger partial charge in [0.1, 0.15) is 0 Å². The van der Waals surface area contributed by atoms with Crippen LogP contribution in [0.2, 0.25) is 0 Å². The number of carbonyl (C=O) groups is 1. The number of nitrogens with one attached hydrogen (secondary N) is 1. The van der Waals surface area contributed by atoms with Crippen LogP contribution in [-0.2, 0) is 4.79 Å². The number of rotatable bonds is 4. The Labute approximate surface area is 153 Å². The Bertz CT molecular complexity index is 904. The molecule has 4 rings (SSSR count). The van der Waals surface area contributed by atoms with Crippen LogP contribution in [0.4, 0.5) is 0 Å². The van der Waals surface area contributed by atoms with Crippen molar-refractivity contribution in [3.63, 3.8) is 0 Å². The first-order chi connectivity index (χ1) is 12.8. The van der Waals surface area contributed by atoms with E-state index in [4.69, 9.17) is 0 Å². The number of hydrogen-bond acceptors (Lipinski definition) is 3. The number of nitrogens with zero attached hydrogens (tertiary/aromatic N) is 2. The third-order valence-corrected chi connectivity index (χ3v) is 5.01. The quantitative estimate of drug-likeness (QED) is 0.442. The minimum absolute atomic E-state index is 0.0484. The van der Waals surface area contributed by atoms with Crippen LogP contribution in [0.1, 0.15) is 24.8 Å². The molecule has 1 N–H and O–H groups in total. The third-order valence-electron chi connectivity index (χ3n) is 5.01. The molecule has 1 heterocycles. The van der Waals surface area contributed by atoms with E-state index in [0.29, 0.717) is 6.54 Å². The van der Waals surface area contributed by atoms with Crippen LogP contribution < -0.4 is 5.43 Å². The van der Waals surface area contributed by atoms with Crippen LogP contribution in [0.25, 0.3) is 21.5 Å². The fourth-order valence-corrected chi connectivity index (χ4v) is 3.71. The highest BCUT2D eigenvalue weighted by molar-refractivity contribution is 6.13. The van der Waals surface area contributed by atoms with Crippen molar-refractivity contribution < 1.29 is 4.79 Å². The van der Waals surface area contributed by atoms with E-state index in [2.05, 4.69) is 45.8 Å². The number of likely N-dealkylation sites (tertiary alicyclic amines) is 1. The van der Waals surface area contributed by atoms with E-state index in [1.54, 1.807) is 6.21 Å². The van der Waals surface area contributed by atoms with E-state index in [1.807, 2.05) is 24.3 Å². The Morgan fingerprint density at radius 1 is 0.962 bits per heavy atom. The summed E-state index contributed by atoms with van der Waals surface area (Å²) in [4.78, 5) is 14.4. The monoisotopic (exact) mass is 345 g/mol. The average Bonchev–Trinajstić information content (AvgIpc) is 2.68. The smallest absolute Gasteiger partial charge is 0.254 e. The zero-order valence-corrected chi connectivity index (χ0v) is 14.8. The first kappa shape index (κ1) is 16.7. The number of fused-ring (bicyclic) bond motifs is 2. The average molecular weight is 345 g/mol. The van der Waals surface area contributed by atoms with Crippen molar-refractivity contribution in [2.75, 3.05) is 19.6 Å². The number of hydrazone groups is 1. The predicted octanol–water partition coefficient (Wildman–Crippen LogP) is 3.93. The van der Waals surface area contributed by atoms with Crippen molar-refractivity contribution in [3.8, 4) is 0 Å². The van der Waals surface area contributed by atoms with Crippen molar-refractivity contribution >= 4 is 33.7 Å². The number of carbonyl (C=O) groups excluding carboxylic acids is 1. The molecule has 3 aromatic carbocycles. The molecule has 1 fully saturated rings. The van der Waals surface area contributed by atoms with Crippen LogP contribution in [0.3, 0.4) is 0 Å². The molecule has 1 aliphatic heterocycles. The molecule has 1 amide bonds. The van der Waals surface area contributed by atoms with Gasteiger partial charge in [0, 0.05) is 5.56 Å². The van der Waals surface area contributed by atoms with Gasteiger partial charge in [-0.25, -0.2) is 5.43 Å². The maximum absolute atomic E-state index is 12.2. The molecule has 0 saturated carbocycles. The first-order valence-electron chi connectivity index (χ1n) is 9.26. The van der Waals surface area contributed by atoms with Crippen molar-refractivity contribution in [3.05, 3.63) is 60.2 Å². The van der Waals surface area contributed by atoms with E-state index >= 15 is 0 Å². The van der Waals surface area contributed by atoms with Gasteiger partial charge in [-0.2, -0.15) is 5.10 Å². The molecule has 0 aliphatic carbocycles. The van der Waals surface area contributed by atoms with Gasteiger partial charge in [-0.3, -0.25) is 9.69 Å². The molecule has 26 heavy (non-hydrogen) atoms. The van der Waals surface area contributed by atoms with Crippen molar-refractivity contribution in [1.29, 1.82) is 0 Å². The Morgan fingerprint density at radius 3 is 2.23 bits per heavy atom. The Balaban J connectivity index is 1.57. The van der Waals surface area contributed by atoms with Gasteiger partial charge in [-0.15, -0.1) is 0 Å². The van der Waals surface area contributed by atoms with Crippen LogP contribution in [-0.4, -0.2) is 36.7 Å². The highest BCUT2D eigenvalue weighted by atomic mass is 16.2. The summed E-state index contributed by atoms with van der Waals surface area (Å²) in [5.74, 6) is -0.0484. The fraction of sp³-hybridized carbons (Fsp3) is 0.273. The van der Waals surface area contributed by atoms with Crippen molar-refractivity contribution in [1.82, 2.24) is 10.3 Å². The lowest BCUT2D eigenvalue weighted by molar-refractivity contribution is -0.122. The van der Waals surface area contributed by atoms with Crippen LogP contribution >= 0.6 is 0 Å². The summed E-state index contributed by atoms with van der Waals surface area (Å²) in [6.45, 7) is 2.43. The van der Waals surface area contributed by atoms with Crippen LogP contribution in [0.15, 0.2) is 59.7 Å². The van der Waals surface area contributed by atoms with Gasteiger partial charge >= 0.3 is 0 Å². The fourth-order valence-electron chi connectivity index (χ4n) is 3.71. The largest absolute Gasteiger partial charge is 0.294 e.